The molecule has 0 bridgehead atoms. The van der Waals surface area contributed by atoms with Crippen molar-refractivity contribution in [2.75, 3.05) is 11.9 Å². The Bertz CT molecular complexity index is 565. The zero-order valence-electron chi connectivity index (χ0n) is 10.7. The molecular formula is C15H16N2O2. The van der Waals surface area contributed by atoms with Gasteiger partial charge in [-0.05, 0) is 49.4 Å². The zero-order valence-corrected chi connectivity index (χ0v) is 10.7. The predicted molar refractivity (Wildman–Crippen MR) is 75.6 cm³/mol. The highest BCUT2D eigenvalue weighted by atomic mass is 16.5. The van der Waals surface area contributed by atoms with E-state index in [1.54, 1.807) is 24.3 Å². The molecule has 4 nitrogen and oxygen atoms in total. The van der Waals surface area contributed by atoms with Crippen molar-refractivity contribution in [3.05, 3.63) is 54.1 Å². The topological polar surface area (TPSA) is 64.3 Å². The summed E-state index contributed by atoms with van der Waals surface area (Å²) in [5.74, 6) is 0.837. The molecule has 0 aromatic heterocycles. The van der Waals surface area contributed by atoms with Gasteiger partial charge in [0.1, 0.15) is 11.5 Å². The maximum Gasteiger partial charge on any atom is 0.248 e. The molecule has 0 saturated carbocycles. The van der Waals surface area contributed by atoms with Crippen LogP contribution in [0.5, 0.6) is 11.5 Å². The van der Waals surface area contributed by atoms with Crippen LogP contribution in [0.2, 0.25) is 0 Å². The molecule has 19 heavy (non-hydrogen) atoms. The lowest BCUT2D eigenvalue weighted by Crippen LogP contribution is -2.10. The van der Waals surface area contributed by atoms with Gasteiger partial charge in [-0.1, -0.05) is 6.07 Å². The molecule has 0 spiro atoms. The Balaban J connectivity index is 2.12. The van der Waals surface area contributed by atoms with E-state index in [0.29, 0.717) is 17.1 Å². The average molecular weight is 256 g/mol. The molecule has 3 N–H and O–H groups in total. The molecular weight excluding hydrogens is 240 g/mol. The molecule has 0 aliphatic carbocycles. The molecule has 2 aromatic carbocycles. The van der Waals surface area contributed by atoms with Gasteiger partial charge in [0.25, 0.3) is 0 Å². The molecule has 2 rings (SSSR count). The van der Waals surface area contributed by atoms with Crippen LogP contribution in [0.4, 0.5) is 5.69 Å². The molecule has 0 heterocycles. The first kappa shape index (κ1) is 13.0. The first-order chi connectivity index (χ1) is 9.19. The molecule has 0 aliphatic heterocycles. The molecule has 98 valence electrons. The van der Waals surface area contributed by atoms with Crippen molar-refractivity contribution < 1.29 is 9.53 Å². The van der Waals surface area contributed by atoms with Gasteiger partial charge in [-0.2, -0.15) is 0 Å². The van der Waals surface area contributed by atoms with Crippen molar-refractivity contribution in [2.24, 2.45) is 5.73 Å². The fraction of sp³-hybridized carbons (Fsp3) is 0.133. The van der Waals surface area contributed by atoms with Crippen molar-refractivity contribution in [3.8, 4) is 11.5 Å². The molecule has 1 amide bonds. The second-order valence-corrected chi connectivity index (χ2v) is 4.05. The Morgan fingerprint density at radius 2 is 1.89 bits per heavy atom. The average Bonchev–Trinajstić information content (AvgIpc) is 2.42. The number of primary amides is 1. The Labute approximate surface area is 112 Å². The summed E-state index contributed by atoms with van der Waals surface area (Å²) in [6.45, 7) is 2.92. The van der Waals surface area contributed by atoms with E-state index in [2.05, 4.69) is 5.32 Å². The fourth-order valence-corrected chi connectivity index (χ4v) is 1.69. The second-order valence-electron chi connectivity index (χ2n) is 4.05. The summed E-state index contributed by atoms with van der Waals surface area (Å²) in [4.78, 5) is 11.1. The van der Waals surface area contributed by atoms with E-state index >= 15 is 0 Å². The number of ether oxygens (including phenoxy) is 1. The van der Waals surface area contributed by atoms with Gasteiger partial charge >= 0.3 is 0 Å². The van der Waals surface area contributed by atoms with Gasteiger partial charge in [0.2, 0.25) is 5.91 Å². The third-order valence-corrected chi connectivity index (χ3v) is 2.59. The number of rotatable bonds is 5. The Morgan fingerprint density at radius 1 is 1.16 bits per heavy atom. The molecule has 0 fully saturated rings. The normalized spacial score (nSPS) is 9.95. The predicted octanol–water partition coefficient (Wildman–Crippen LogP) is 3.01. The third kappa shape index (κ3) is 3.48. The number of amides is 1. The summed E-state index contributed by atoms with van der Waals surface area (Å²) in [7, 11) is 0. The lowest BCUT2D eigenvalue weighted by atomic mass is 10.2. The third-order valence-electron chi connectivity index (χ3n) is 2.59. The molecule has 0 radical (unpaired) electrons. The van der Waals surface area contributed by atoms with E-state index in [1.807, 2.05) is 31.2 Å². The fourth-order valence-electron chi connectivity index (χ4n) is 1.69. The minimum absolute atomic E-state index is 0.432. The smallest absolute Gasteiger partial charge is 0.248 e. The zero-order chi connectivity index (χ0) is 13.7. The quantitative estimate of drug-likeness (QED) is 0.864. The molecule has 0 aliphatic rings. The number of carbonyl (C=O) groups is 1. The molecule has 2 aromatic rings. The molecule has 0 atom stereocenters. The SMILES string of the molecule is CCNc1ccc(Oc2cccc(C(N)=O)c2)cc1. The summed E-state index contributed by atoms with van der Waals surface area (Å²) in [5.41, 5.74) is 6.70. The van der Waals surface area contributed by atoms with Crippen molar-refractivity contribution in [2.45, 2.75) is 6.92 Å². The maximum atomic E-state index is 11.1. The number of anilines is 1. The van der Waals surface area contributed by atoms with Crippen LogP contribution >= 0.6 is 0 Å². The Morgan fingerprint density at radius 3 is 2.53 bits per heavy atom. The monoisotopic (exact) mass is 256 g/mol. The summed E-state index contributed by atoms with van der Waals surface area (Å²) in [6, 6.07) is 14.4. The highest BCUT2D eigenvalue weighted by Gasteiger charge is 2.03. The highest BCUT2D eigenvalue weighted by molar-refractivity contribution is 5.93. The van der Waals surface area contributed by atoms with Crippen LogP contribution in [0.15, 0.2) is 48.5 Å². The number of hydrogen-bond donors (Lipinski definition) is 2. The van der Waals surface area contributed by atoms with E-state index in [-0.39, 0.29) is 0 Å². The van der Waals surface area contributed by atoms with Crippen LogP contribution in [-0.4, -0.2) is 12.5 Å². The van der Waals surface area contributed by atoms with Crippen LogP contribution < -0.4 is 15.8 Å². The van der Waals surface area contributed by atoms with E-state index in [1.165, 1.54) is 0 Å². The van der Waals surface area contributed by atoms with Crippen molar-refractivity contribution in [3.63, 3.8) is 0 Å². The van der Waals surface area contributed by atoms with Crippen LogP contribution in [0.3, 0.4) is 0 Å². The largest absolute Gasteiger partial charge is 0.457 e. The number of nitrogens with one attached hydrogen (secondary N) is 1. The highest BCUT2D eigenvalue weighted by Crippen LogP contribution is 2.23. The van der Waals surface area contributed by atoms with Crippen LogP contribution in [0, 0.1) is 0 Å². The van der Waals surface area contributed by atoms with Crippen LogP contribution in [-0.2, 0) is 0 Å². The van der Waals surface area contributed by atoms with Crippen molar-refractivity contribution in [1.82, 2.24) is 0 Å². The van der Waals surface area contributed by atoms with Crippen LogP contribution in [0.1, 0.15) is 17.3 Å². The molecule has 4 heteroatoms. The minimum atomic E-state index is -0.465. The summed E-state index contributed by atoms with van der Waals surface area (Å²) in [5, 5.41) is 3.21. The van der Waals surface area contributed by atoms with Gasteiger partial charge < -0.3 is 15.8 Å². The van der Waals surface area contributed by atoms with E-state index < -0.39 is 5.91 Å². The summed E-state index contributed by atoms with van der Waals surface area (Å²) < 4.78 is 5.67. The first-order valence-electron chi connectivity index (χ1n) is 6.10. The van der Waals surface area contributed by atoms with Gasteiger partial charge in [-0.15, -0.1) is 0 Å². The van der Waals surface area contributed by atoms with E-state index in [4.69, 9.17) is 10.5 Å². The number of nitrogens with two attached hydrogens (primary N) is 1. The van der Waals surface area contributed by atoms with Gasteiger partial charge in [0.05, 0.1) is 0 Å². The van der Waals surface area contributed by atoms with Gasteiger partial charge in [-0.25, -0.2) is 0 Å². The number of benzene rings is 2. The first-order valence-corrected chi connectivity index (χ1v) is 6.10. The van der Waals surface area contributed by atoms with Gasteiger partial charge in [-0.3, -0.25) is 4.79 Å². The Kier molecular flexibility index (Phi) is 4.03. The van der Waals surface area contributed by atoms with E-state index in [0.717, 1.165) is 12.2 Å². The minimum Gasteiger partial charge on any atom is -0.457 e. The molecule has 0 unspecified atom stereocenters. The van der Waals surface area contributed by atoms with Crippen LogP contribution in [0.25, 0.3) is 0 Å². The summed E-state index contributed by atoms with van der Waals surface area (Å²) >= 11 is 0. The molecule has 0 saturated heterocycles. The number of hydrogen-bond acceptors (Lipinski definition) is 3. The van der Waals surface area contributed by atoms with Gasteiger partial charge in [0, 0.05) is 17.8 Å². The summed E-state index contributed by atoms with van der Waals surface area (Å²) in [6.07, 6.45) is 0. The Hall–Kier alpha value is -2.49. The maximum absolute atomic E-state index is 11.1. The van der Waals surface area contributed by atoms with E-state index in [9.17, 15) is 4.79 Å². The lowest BCUT2D eigenvalue weighted by Gasteiger charge is -2.08. The van der Waals surface area contributed by atoms with Crippen molar-refractivity contribution >= 4 is 11.6 Å². The van der Waals surface area contributed by atoms with Crippen molar-refractivity contribution in [1.29, 1.82) is 0 Å². The standard InChI is InChI=1S/C15H16N2O2/c1-2-17-12-6-8-13(9-7-12)19-14-5-3-4-11(10-14)15(16)18/h3-10,17H,2H2,1H3,(H2,16,18). The lowest BCUT2D eigenvalue weighted by molar-refractivity contribution is 0.1000. The van der Waals surface area contributed by atoms with Gasteiger partial charge in [0.15, 0.2) is 0 Å². The number of carbonyl (C=O) groups excluding carboxylic acids is 1. The second kappa shape index (κ2) is 5.91.